The van der Waals surface area contributed by atoms with Crippen molar-refractivity contribution in [1.82, 2.24) is 0 Å². The van der Waals surface area contributed by atoms with E-state index in [9.17, 15) is 10.1 Å². The van der Waals surface area contributed by atoms with E-state index in [1.54, 1.807) is 16.9 Å². The van der Waals surface area contributed by atoms with Gasteiger partial charge in [-0.2, -0.15) is 0 Å². The van der Waals surface area contributed by atoms with Gasteiger partial charge in [0, 0.05) is 40.5 Å². The molecule has 0 spiro atoms. The maximum absolute atomic E-state index is 10.7. The monoisotopic (exact) mass is 283 g/mol. The van der Waals surface area contributed by atoms with Gasteiger partial charge in [-0.1, -0.05) is 18.2 Å². The van der Waals surface area contributed by atoms with Crippen LogP contribution in [0.25, 0.3) is 0 Å². The van der Waals surface area contributed by atoms with E-state index in [0.29, 0.717) is 0 Å². The van der Waals surface area contributed by atoms with Crippen LogP contribution in [-0.4, -0.2) is 22.0 Å². The van der Waals surface area contributed by atoms with Crippen molar-refractivity contribution in [2.45, 2.75) is 19.4 Å². The lowest BCUT2D eigenvalue weighted by atomic mass is 10.1. The molecule has 21 heavy (non-hydrogen) atoms. The third kappa shape index (κ3) is 2.76. The predicted octanol–water partition coefficient (Wildman–Crippen LogP) is 3.23. The number of hydrogen-bond donors (Lipinski definition) is 0. The highest BCUT2D eigenvalue weighted by Crippen LogP contribution is 2.26. The average molecular weight is 283 g/mol. The lowest BCUT2D eigenvalue weighted by molar-refractivity contribution is -0.741. The van der Waals surface area contributed by atoms with Crippen molar-refractivity contribution < 1.29 is 14.5 Å². The Balaban J connectivity index is 1.97. The molecule has 0 radical (unpaired) electrons. The van der Waals surface area contributed by atoms with Gasteiger partial charge in [0.1, 0.15) is 0 Å². The fraction of sp³-hybridized carbons (Fsp3) is 0.188. The van der Waals surface area contributed by atoms with Crippen LogP contribution in [0.3, 0.4) is 0 Å². The molecule has 1 heterocycles. The molecule has 5 heteroatoms. The van der Waals surface area contributed by atoms with Crippen molar-refractivity contribution >= 4 is 17.6 Å². The average Bonchev–Trinajstić information content (AvgIpc) is 2.47. The first-order valence-electron chi connectivity index (χ1n) is 6.77. The molecule has 1 unspecified atom stereocenters. The quantitative estimate of drug-likeness (QED) is 0.483. The van der Waals surface area contributed by atoms with Gasteiger partial charge in [-0.3, -0.25) is 15.0 Å². The maximum Gasteiger partial charge on any atom is 0.269 e. The smallest absolute Gasteiger partial charge is 0.267 e. The number of rotatable bonds is 2. The summed E-state index contributed by atoms with van der Waals surface area (Å²) in [5.41, 5.74) is 3.17. The first-order chi connectivity index (χ1) is 10.1. The van der Waals surface area contributed by atoms with Crippen LogP contribution in [0.2, 0.25) is 0 Å². The van der Waals surface area contributed by atoms with Gasteiger partial charge in [-0.15, -0.1) is 0 Å². The van der Waals surface area contributed by atoms with Crippen LogP contribution in [-0.2, 0) is 11.3 Å². The van der Waals surface area contributed by atoms with E-state index in [4.69, 9.17) is 4.84 Å². The van der Waals surface area contributed by atoms with Gasteiger partial charge in [0.2, 0.25) is 6.21 Å². The summed E-state index contributed by atoms with van der Waals surface area (Å²) in [6.45, 7) is 2.02. The number of nitro benzene ring substituents is 1. The molecular weight excluding hydrogens is 268 g/mol. The second kappa shape index (κ2) is 5.36. The van der Waals surface area contributed by atoms with Crippen LogP contribution in [0.15, 0.2) is 48.5 Å². The molecule has 0 aliphatic carbocycles. The summed E-state index contributed by atoms with van der Waals surface area (Å²) in [5, 5.41) is 10.7. The fourth-order valence-corrected chi connectivity index (χ4v) is 2.41. The van der Waals surface area contributed by atoms with Crippen molar-refractivity contribution in [3.63, 3.8) is 0 Å². The SMILES string of the molecule is CC1Cc2ccccc2/[N+](=C/c2ccc([N+](=O)[O-])cc2)O1. The predicted molar refractivity (Wildman–Crippen MR) is 78.9 cm³/mol. The highest BCUT2D eigenvalue weighted by molar-refractivity contribution is 5.77. The molecule has 0 aromatic heterocycles. The number of para-hydroxylation sites is 1. The molecule has 0 amide bonds. The number of hydrogen-bond acceptors (Lipinski definition) is 3. The summed E-state index contributed by atoms with van der Waals surface area (Å²) in [6.07, 6.45) is 2.81. The van der Waals surface area contributed by atoms with Crippen LogP contribution in [0.5, 0.6) is 0 Å². The normalized spacial score (nSPS) is 18.9. The number of fused-ring (bicyclic) bond motifs is 1. The Bertz CT molecular complexity index is 708. The zero-order valence-electron chi connectivity index (χ0n) is 11.6. The van der Waals surface area contributed by atoms with E-state index in [1.807, 2.05) is 31.3 Å². The molecule has 2 aromatic carbocycles. The minimum atomic E-state index is -0.404. The number of nitrogens with zero attached hydrogens (tertiary/aromatic N) is 2. The zero-order valence-corrected chi connectivity index (χ0v) is 11.6. The Kier molecular flexibility index (Phi) is 3.39. The molecular formula is C16H15N2O3+. The van der Waals surface area contributed by atoms with Crippen molar-refractivity contribution in [3.8, 4) is 0 Å². The lowest BCUT2D eigenvalue weighted by Crippen LogP contribution is -2.25. The molecule has 1 atom stereocenters. The van der Waals surface area contributed by atoms with Gasteiger partial charge in [0.05, 0.1) is 4.92 Å². The maximum atomic E-state index is 10.7. The van der Waals surface area contributed by atoms with Crippen LogP contribution in [0.1, 0.15) is 18.1 Å². The molecule has 2 aromatic rings. The van der Waals surface area contributed by atoms with Gasteiger partial charge < -0.3 is 0 Å². The second-order valence-electron chi connectivity index (χ2n) is 5.05. The zero-order chi connectivity index (χ0) is 14.8. The first-order valence-corrected chi connectivity index (χ1v) is 6.77. The standard InChI is InChI=1S/C16H15N2O3/c1-12-10-14-4-2-3-5-16(14)17(21-12)11-13-6-8-15(9-7-13)18(19)20/h2-9,11-12H,10H2,1H3/q+1/b17-11-. The minimum Gasteiger partial charge on any atom is -0.267 e. The number of nitro groups is 1. The summed E-state index contributed by atoms with van der Waals surface area (Å²) in [6, 6.07) is 14.5. The Morgan fingerprint density at radius 2 is 1.95 bits per heavy atom. The van der Waals surface area contributed by atoms with Crippen molar-refractivity contribution in [1.29, 1.82) is 0 Å². The van der Waals surface area contributed by atoms with Crippen LogP contribution < -0.4 is 0 Å². The Labute approximate surface area is 122 Å². The van der Waals surface area contributed by atoms with Crippen LogP contribution >= 0.6 is 0 Å². The fourth-order valence-electron chi connectivity index (χ4n) is 2.41. The highest BCUT2D eigenvalue weighted by atomic mass is 16.7. The van der Waals surface area contributed by atoms with E-state index in [-0.39, 0.29) is 11.8 Å². The van der Waals surface area contributed by atoms with Crippen molar-refractivity contribution in [2.24, 2.45) is 0 Å². The summed E-state index contributed by atoms with van der Waals surface area (Å²) < 4.78 is 1.74. The van der Waals surface area contributed by atoms with E-state index in [2.05, 4.69) is 6.07 Å². The van der Waals surface area contributed by atoms with Gasteiger partial charge >= 0.3 is 0 Å². The minimum absolute atomic E-state index is 0.0838. The highest BCUT2D eigenvalue weighted by Gasteiger charge is 2.27. The second-order valence-corrected chi connectivity index (χ2v) is 5.05. The van der Waals surface area contributed by atoms with Crippen molar-refractivity contribution in [2.75, 3.05) is 0 Å². The van der Waals surface area contributed by atoms with Gasteiger partial charge in [0.15, 0.2) is 6.10 Å². The van der Waals surface area contributed by atoms with E-state index in [1.165, 1.54) is 17.7 Å². The van der Waals surface area contributed by atoms with Gasteiger partial charge in [0.25, 0.3) is 11.4 Å². The summed E-state index contributed by atoms with van der Waals surface area (Å²) >= 11 is 0. The molecule has 0 saturated carbocycles. The molecule has 1 aliphatic rings. The van der Waals surface area contributed by atoms with E-state index >= 15 is 0 Å². The lowest BCUT2D eigenvalue weighted by Gasteiger charge is -2.17. The van der Waals surface area contributed by atoms with Crippen LogP contribution in [0.4, 0.5) is 11.4 Å². The summed E-state index contributed by atoms with van der Waals surface area (Å²) in [7, 11) is 0. The van der Waals surface area contributed by atoms with Crippen LogP contribution in [0, 0.1) is 10.1 Å². The van der Waals surface area contributed by atoms with Gasteiger partial charge in [-0.05, 0) is 19.1 Å². The Morgan fingerprint density at radius 1 is 1.24 bits per heavy atom. The molecule has 3 rings (SSSR count). The number of benzene rings is 2. The topological polar surface area (TPSA) is 55.4 Å². The van der Waals surface area contributed by atoms with Crippen molar-refractivity contribution in [3.05, 3.63) is 69.8 Å². The summed E-state index contributed by atoms with van der Waals surface area (Å²) in [5.74, 6) is 0. The first kappa shape index (κ1) is 13.3. The van der Waals surface area contributed by atoms with E-state index < -0.39 is 4.92 Å². The van der Waals surface area contributed by atoms with Gasteiger partial charge in [-0.25, -0.2) is 0 Å². The third-order valence-corrected chi connectivity index (χ3v) is 3.40. The summed E-state index contributed by atoms with van der Waals surface area (Å²) in [4.78, 5) is 16.1. The number of non-ortho nitro benzene ring substituents is 1. The molecule has 1 aliphatic heterocycles. The third-order valence-electron chi connectivity index (χ3n) is 3.40. The Hall–Kier alpha value is -2.69. The molecule has 0 saturated heterocycles. The molecule has 5 nitrogen and oxygen atoms in total. The molecule has 0 N–H and O–H groups in total. The molecule has 0 fully saturated rings. The largest absolute Gasteiger partial charge is 0.269 e. The Morgan fingerprint density at radius 3 is 2.67 bits per heavy atom. The molecule has 0 bridgehead atoms. The van der Waals surface area contributed by atoms with E-state index in [0.717, 1.165) is 17.7 Å². The molecule has 106 valence electrons.